The SMILES string of the molecule is CC1CC(C)n2ncc(Nc3nccc(-c4cc(C#N)c5c(c4)C(C)(CO[Si](C)(C)C(C)(C)C)CN5C(=O)OC(C)(C)C)n3)c2O1. The molecule has 0 aliphatic carbocycles. The fourth-order valence-corrected chi connectivity index (χ4v) is 6.78. The van der Waals surface area contributed by atoms with Gasteiger partial charge in [-0.05, 0) is 76.5 Å². The normalized spacial score (nSPS) is 21.2. The molecule has 46 heavy (non-hydrogen) atoms. The van der Waals surface area contributed by atoms with Crippen LogP contribution < -0.4 is 15.0 Å². The van der Waals surface area contributed by atoms with Crippen LogP contribution in [0.2, 0.25) is 18.1 Å². The summed E-state index contributed by atoms with van der Waals surface area (Å²) in [6, 6.07) is 8.17. The molecule has 0 radical (unpaired) electrons. The van der Waals surface area contributed by atoms with Crippen LogP contribution >= 0.6 is 0 Å². The molecule has 3 unspecified atom stereocenters. The number of benzene rings is 1. The third kappa shape index (κ3) is 6.48. The predicted octanol–water partition coefficient (Wildman–Crippen LogP) is 7.72. The number of nitrogens with one attached hydrogen (secondary N) is 1. The maximum absolute atomic E-state index is 13.5. The van der Waals surface area contributed by atoms with E-state index >= 15 is 0 Å². The van der Waals surface area contributed by atoms with Gasteiger partial charge in [0.2, 0.25) is 11.8 Å². The molecular formula is C34H47N7O4Si. The van der Waals surface area contributed by atoms with Gasteiger partial charge in [0.1, 0.15) is 17.4 Å². The lowest BCUT2D eigenvalue weighted by atomic mass is 9.83. The first kappa shape index (κ1) is 33.4. The number of rotatable bonds is 6. The summed E-state index contributed by atoms with van der Waals surface area (Å²) < 4.78 is 20.5. The van der Waals surface area contributed by atoms with Crippen molar-refractivity contribution in [3.8, 4) is 23.2 Å². The fourth-order valence-electron chi connectivity index (χ4n) is 5.67. The molecule has 3 atom stereocenters. The highest BCUT2D eigenvalue weighted by Gasteiger charge is 2.47. The molecule has 2 aliphatic heterocycles. The summed E-state index contributed by atoms with van der Waals surface area (Å²) in [5.41, 5.74) is 2.53. The number of hydrogen-bond donors (Lipinski definition) is 1. The maximum Gasteiger partial charge on any atom is 0.414 e. The Bertz CT molecular complexity index is 1680. The van der Waals surface area contributed by atoms with E-state index in [1.807, 2.05) is 44.5 Å². The van der Waals surface area contributed by atoms with Crippen LogP contribution in [0, 0.1) is 11.3 Å². The van der Waals surface area contributed by atoms with E-state index in [1.165, 1.54) is 0 Å². The molecule has 3 aromatic rings. The first-order valence-electron chi connectivity index (χ1n) is 15.9. The second-order valence-electron chi connectivity index (χ2n) is 15.4. The van der Waals surface area contributed by atoms with E-state index in [0.717, 1.165) is 17.5 Å². The lowest BCUT2D eigenvalue weighted by Gasteiger charge is -2.39. The molecule has 2 aromatic heterocycles. The summed E-state index contributed by atoms with van der Waals surface area (Å²) in [6.45, 7) is 23.5. The molecule has 0 fully saturated rings. The topological polar surface area (TPSA) is 127 Å². The number of carbonyl (C=O) groups excluding carboxylic acids is 1. The predicted molar refractivity (Wildman–Crippen MR) is 181 cm³/mol. The first-order valence-corrected chi connectivity index (χ1v) is 18.8. The average molecular weight is 646 g/mol. The summed E-state index contributed by atoms with van der Waals surface area (Å²) >= 11 is 0. The zero-order chi connectivity index (χ0) is 33.8. The van der Waals surface area contributed by atoms with Gasteiger partial charge in [-0.3, -0.25) is 4.90 Å². The van der Waals surface area contributed by atoms with Gasteiger partial charge >= 0.3 is 6.09 Å². The molecule has 1 aromatic carbocycles. The van der Waals surface area contributed by atoms with Gasteiger partial charge in [-0.2, -0.15) is 10.4 Å². The van der Waals surface area contributed by atoms with Crippen LogP contribution in [0.5, 0.6) is 5.88 Å². The Morgan fingerprint density at radius 3 is 2.59 bits per heavy atom. The lowest BCUT2D eigenvalue weighted by molar-refractivity contribution is 0.0575. The number of aromatic nitrogens is 4. The van der Waals surface area contributed by atoms with Crippen molar-refractivity contribution in [1.29, 1.82) is 5.26 Å². The number of ether oxygens (including phenoxy) is 2. The fraction of sp³-hybridized carbons (Fsp3) is 0.559. The van der Waals surface area contributed by atoms with Crippen LogP contribution in [0.1, 0.15) is 85.9 Å². The molecule has 11 nitrogen and oxygen atoms in total. The summed E-state index contributed by atoms with van der Waals surface area (Å²) in [5, 5.41) is 18.2. The summed E-state index contributed by atoms with van der Waals surface area (Å²) in [7, 11) is -2.13. The number of anilines is 3. The van der Waals surface area contributed by atoms with E-state index < -0.39 is 25.4 Å². The number of hydrogen-bond acceptors (Lipinski definition) is 9. The third-order valence-electron chi connectivity index (χ3n) is 9.18. The summed E-state index contributed by atoms with van der Waals surface area (Å²) in [4.78, 5) is 24.4. The highest BCUT2D eigenvalue weighted by Crippen LogP contribution is 2.47. The number of fused-ring (bicyclic) bond motifs is 2. The van der Waals surface area contributed by atoms with E-state index in [1.54, 1.807) is 23.4 Å². The van der Waals surface area contributed by atoms with Crippen LogP contribution in [0.3, 0.4) is 0 Å². The monoisotopic (exact) mass is 645 g/mol. The average Bonchev–Trinajstić information content (AvgIpc) is 3.49. The second kappa shape index (κ2) is 11.7. The molecule has 5 rings (SSSR count). The van der Waals surface area contributed by atoms with Gasteiger partial charge in [-0.15, -0.1) is 0 Å². The smallest absolute Gasteiger partial charge is 0.414 e. The van der Waals surface area contributed by atoms with Crippen molar-refractivity contribution in [3.63, 3.8) is 0 Å². The van der Waals surface area contributed by atoms with E-state index in [0.29, 0.717) is 47.6 Å². The van der Waals surface area contributed by atoms with Crippen molar-refractivity contribution >= 4 is 31.7 Å². The molecule has 0 spiro atoms. The molecule has 0 saturated heterocycles. The van der Waals surface area contributed by atoms with Crippen LogP contribution in [0.15, 0.2) is 30.6 Å². The Kier molecular flexibility index (Phi) is 8.49. The minimum atomic E-state index is -2.13. The molecule has 246 valence electrons. The van der Waals surface area contributed by atoms with E-state index in [9.17, 15) is 10.1 Å². The van der Waals surface area contributed by atoms with Crippen LogP contribution in [0.25, 0.3) is 11.3 Å². The summed E-state index contributed by atoms with van der Waals surface area (Å²) in [6.07, 6.45) is 3.86. The Labute approximate surface area is 273 Å². The highest BCUT2D eigenvalue weighted by molar-refractivity contribution is 6.74. The van der Waals surface area contributed by atoms with Gasteiger partial charge in [0, 0.05) is 36.7 Å². The quantitative estimate of drug-likeness (QED) is 0.268. The molecule has 0 bridgehead atoms. The van der Waals surface area contributed by atoms with Crippen molar-refractivity contribution in [2.45, 2.75) is 110 Å². The minimum Gasteiger partial charge on any atom is -0.473 e. The first-order chi connectivity index (χ1) is 21.3. The van der Waals surface area contributed by atoms with Gasteiger partial charge in [0.25, 0.3) is 0 Å². The molecule has 0 saturated carbocycles. The molecule has 1 amide bonds. The van der Waals surface area contributed by atoms with Crippen molar-refractivity contribution in [2.24, 2.45) is 0 Å². The minimum absolute atomic E-state index is 0.00969. The van der Waals surface area contributed by atoms with Gasteiger partial charge in [-0.1, -0.05) is 27.7 Å². The number of nitriles is 1. The van der Waals surface area contributed by atoms with Crippen molar-refractivity contribution < 1.29 is 18.7 Å². The van der Waals surface area contributed by atoms with E-state index in [4.69, 9.17) is 18.9 Å². The van der Waals surface area contributed by atoms with Crippen molar-refractivity contribution in [1.82, 2.24) is 19.7 Å². The Morgan fingerprint density at radius 2 is 1.93 bits per heavy atom. The lowest BCUT2D eigenvalue weighted by Crippen LogP contribution is -2.46. The molecular weight excluding hydrogens is 599 g/mol. The number of amides is 1. The largest absolute Gasteiger partial charge is 0.473 e. The highest BCUT2D eigenvalue weighted by atomic mass is 28.4. The van der Waals surface area contributed by atoms with Crippen molar-refractivity contribution in [2.75, 3.05) is 23.4 Å². The Hall–Kier alpha value is -3.95. The van der Waals surface area contributed by atoms with Gasteiger partial charge in [-0.25, -0.2) is 19.4 Å². The second-order valence-corrected chi connectivity index (χ2v) is 20.2. The van der Waals surface area contributed by atoms with Gasteiger partial charge in [0.05, 0.1) is 35.3 Å². The van der Waals surface area contributed by atoms with Crippen molar-refractivity contribution in [3.05, 3.63) is 41.7 Å². The standard InChI is InChI=1S/C34H47N7O4Si/c1-21-14-22(2)44-29-27(18-37-41(21)29)39-30-36-13-12-26(38-30)23-15-24(17-35)28-25(16-23)34(9,20-43-46(10,11)33(6,7)8)19-40(28)31(42)45-32(3,4)5/h12-13,15-16,18,21-22H,14,19-20H2,1-11H3,(H,36,38,39). The van der Waals surface area contributed by atoms with Gasteiger partial charge in [0.15, 0.2) is 8.32 Å². The Balaban J connectivity index is 1.54. The zero-order valence-corrected chi connectivity index (χ0v) is 30.0. The van der Waals surface area contributed by atoms with E-state index in [-0.39, 0.29) is 17.2 Å². The van der Waals surface area contributed by atoms with Crippen LogP contribution in [0.4, 0.5) is 22.1 Å². The van der Waals surface area contributed by atoms with Crippen LogP contribution in [-0.2, 0) is 14.6 Å². The molecule has 4 heterocycles. The maximum atomic E-state index is 13.5. The Morgan fingerprint density at radius 1 is 1.22 bits per heavy atom. The molecule has 2 aliphatic rings. The van der Waals surface area contributed by atoms with Crippen LogP contribution in [-0.4, -0.2) is 59.0 Å². The third-order valence-corrected chi connectivity index (χ3v) is 13.7. The van der Waals surface area contributed by atoms with Gasteiger partial charge < -0.3 is 19.2 Å². The molecule has 1 N–H and O–H groups in total. The number of carbonyl (C=O) groups is 1. The number of nitrogens with zero attached hydrogens (tertiary/aromatic N) is 6. The zero-order valence-electron chi connectivity index (χ0n) is 29.0. The van der Waals surface area contributed by atoms with E-state index in [2.05, 4.69) is 69.2 Å². The summed E-state index contributed by atoms with van der Waals surface area (Å²) in [5.74, 6) is 1.03. The molecule has 12 heteroatoms.